The molecule has 28 heavy (non-hydrogen) atoms. The van der Waals surface area contributed by atoms with Gasteiger partial charge in [-0.25, -0.2) is 12.8 Å². The fourth-order valence-electron chi connectivity index (χ4n) is 3.41. The SMILES string of the molecule is CC[C@@H](C)c1ccc(S(=O)(=O)N2CCN(c3cccc(F)c3C#N)CC2)cc1. The van der Waals surface area contributed by atoms with Crippen molar-refractivity contribution in [1.82, 2.24) is 4.31 Å². The van der Waals surface area contributed by atoms with Crippen molar-refractivity contribution < 1.29 is 12.8 Å². The summed E-state index contributed by atoms with van der Waals surface area (Å²) in [6.45, 7) is 5.61. The highest BCUT2D eigenvalue weighted by Gasteiger charge is 2.29. The van der Waals surface area contributed by atoms with Crippen LogP contribution in [0.2, 0.25) is 0 Å². The van der Waals surface area contributed by atoms with Gasteiger partial charge >= 0.3 is 0 Å². The monoisotopic (exact) mass is 401 g/mol. The first-order valence-corrected chi connectivity index (χ1v) is 10.9. The van der Waals surface area contributed by atoms with Gasteiger partial charge in [0.25, 0.3) is 0 Å². The zero-order valence-electron chi connectivity index (χ0n) is 16.1. The highest BCUT2D eigenvalue weighted by Crippen LogP contribution is 2.26. The second kappa shape index (κ2) is 8.29. The molecule has 0 unspecified atom stereocenters. The maximum atomic E-state index is 13.9. The van der Waals surface area contributed by atoms with E-state index in [2.05, 4.69) is 13.8 Å². The second-order valence-electron chi connectivity index (χ2n) is 7.02. The van der Waals surface area contributed by atoms with E-state index in [1.54, 1.807) is 24.3 Å². The van der Waals surface area contributed by atoms with Gasteiger partial charge in [-0.2, -0.15) is 9.57 Å². The number of benzene rings is 2. The molecule has 0 spiro atoms. The Balaban J connectivity index is 1.74. The minimum absolute atomic E-state index is 0.000519. The summed E-state index contributed by atoms with van der Waals surface area (Å²) in [7, 11) is -3.57. The van der Waals surface area contributed by atoms with Gasteiger partial charge in [0.05, 0.1) is 10.6 Å². The Kier molecular flexibility index (Phi) is 6.01. The molecule has 0 N–H and O–H groups in total. The van der Waals surface area contributed by atoms with Crippen LogP contribution in [0, 0.1) is 17.1 Å². The molecule has 0 bridgehead atoms. The van der Waals surface area contributed by atoms with Gasteiger partial charge in [-0.1, -0.05) is 32.0 Å². The summed E-state index contributed by atoms with van der Waals surface area (Å²) in [5.74, 6) is -0.169. The predicted octanol–water partition coefficient (Wildman–Crippen LogP) is 3.72. The number of nitriles is 1. The number of nitrogens with zero attached hydrogens (tertiary/aromatic N) is 3. The molecule has 0 amide bonds. The van der Waals surface area contributed by atoms with Crippen LogP contribution in [0.1, 0.15) is 37.3 Å². The minimum atomic E-state index is -3.57. The second-order valence-corrected chi connectivity index (χ2v) is 8.95. The average Bonchev–Trinajstić information content (AvgIpc) is 2.73. The number of anilines is 1. The Morgan fingerprint density at radius 1 is 1.11 bits per heavy atom. The highest BCUT2D eigenvalue weighted by molar-refractivity contribution is 7.89. The number of hydrogen-bond acceptors (Lipinski definition) is 4. The van der Waals surface area contributed by atoms with E-state index in [1.165, 1.54) is 10.4 Å². The van der Waals surface area contributed by atoms with Gasteiger partial charge in [0.2, 0.25) is 10.0 Å². The molecule has 1 fully saturated rings. The molecule has 3 rings (SSSR count). The van der Waals surface area contributed by atoms with E-state index in [0.29, 0.717) is 24.7 Å². The molecule has 148 valence electrons. The summed E-state index contributed by atoms with van der Waals surface area (Å²) in [5.41, 5.74) is 1.64. The van der Waals surface area contributed by atoms with Crippen molar-refractivity contribution in [3.63, 3.8) is 0 Å². The van der Waals surface area contributed by atoms with Crippen LogP contribution in [-0.2, 0) is 10.0 Å². The number of rotatable bonds is 5. The molecular formula is C21H24FN3O2S. The summed E-state index contributed by atoms with van der Waals surface area (Å²) in [6, 6.07) is 13.5. The van der Waals surface area contributed by atoms with Crippen LogP contribution in [0.4, 0.5) is 10.1 Å². The lowest BCUT2D eigenvalue weighted by Gasteiger charge is -2.35. The van der Waals surface area contributed by atoms with Gasteiger partial charge < -0.3 is 4.90 Å². The van der Waals surface area contributed by atoms with Crippen LogP contribution >= 0.6 is 0 Å². The third-order valence-electron chi connectivity index (χ3n) is 5.38. The summed E-state index contributed by atoms with van der Waals surface area (Å²) in [6.07, 6.45) is 0.999. The molecule has 0 aromatic heterocycles. The molecular weight excluding hydrogens is 377 g/mol. The van der Waals surface area contributed by atoms with E-state index >= 15 is 0 Å². The zero-order valence-corrected chi connectivity index (χ0v) is 16.9. The molecule has 7 heteroatoms. The topological polar surface area (TPSA) is 64.4 Å². The van der Waals surface area contributed by atoms with Gasteiger partial charge in [-0.3, -0.25) is 0 Å². The van der Waals surface area contributed by atoms with E-state index in [0.717, 1.165) is 12.0 Å². The minimum Gasteiger partial charge on any atom is -0.368 e. The molecule has 0 radical (unpaired) electrons. The normalized spacial score (nSPS) is 16.6. The third-order valence-corrected chi connectivity index (χ3v) is 7.29. The van der Waals surface area contributed by atoms with Crippen LogP contribution in [-0.4, -0.2) is 38.9 Å². The number of hydrogen-bond donors (Lipinski definition) is 0. The van der Waals surface area contributed by atoms with Crippen LogP contribution in [0.15, 0.2) is 47.4 Å². The zero-order chi connectivity index (χ0) is 20.3. The first kappa shape index (κ1) is 20.3. The fourth-order valence-corrected chi connectivity index (χ4v) is 4.83. The molecule has 1 aliphatic heterocycles. The standard InChI is InChI=1S/C21H24FN3O2S/c1-3-16(2)17-7-9-18(10-8-17)28(26,27)25-13-11-24(12-14-25)21-6-4-5-20(22)19(21)15-23/h4-10,16H,3,11-14H2,1-2H3/t16-/m1/s1. The first-order chi connectivity index (χ1) is 13.4. The molecule has 0 aliphatic carbocycles. The van der Waals surface area contributed by atoms with Crippen LogP contribution < -0.4 is 4.90 Å². The lowest BCUT2D eigenvalue weighted by Crippen LogP contribution is -2.48. The van der Waals surface area contributed by atoms with Crippen molar-refractivity contribution in [2.75, 3.05) is 31.1 Å². The van der Waals surface area contributed by atoms with Crippen molar-refractivity contribution in [3.8, 4) is 6.07 Å². The number of halogens is 1. The number of sulfonamides is 1. The quantitative estimate of drug-likeness (QED) is 0.766. The van der Waals surface area contributed by atoms with Crippen molar-refractivity contribution in [2.45, 2.75) is 31.1 Å². The molecule has 1 aliphatic rings. The van der Waals surface area contributed by atoms with Gasteiger partial charge in [0.1, 0.15) is 17.4 Å². The van der Waals surface area contributed by atoms with Crippen molar-refractivity contribution in [2.24, 2.45) is 0 Å². The smallest absolute Gasteiger partial charge is 0.243 e. The third kappa shape index (κ3) is 3.89. The van der Waals surface area contributed by atoms with Crippen molar-refractivity contribution in [1.29, 1.82) is 5.26 Å². The first-order valence-electron chi connectivity index (χ1n) is 9.42. The van der Waals surface area contributed by atoms with Gasteiger partial charge in [0.15, 0.2) is 0 Å². The van der Waals surface area contributed by atoms with E-state index < -0.39 is 15.8 Å². The summed E-state index contributed by atoms with van der Waals surface area (Å²) in [4.78, 5) is 2.15. The van der Waals surface area contributed by atoms with Gasteiger partial charge in [-0.05, 0) is 42.2 Å². The van der Waals surface area contributed by atoms with E-state index in [1.807, 2.05) is 23.1 Å². The molecule has 1 heterocycles. The van der Waals surface area contributed by atoms with E-state index in [-0.39, 0.29) is 23.5 Å². The van der Waals surface area contributed by atoms with Crippen LogP contribution in [0.25, 0.3) is 0 Å². The molecule has 1 atom stereocenters. The fraction of sp³-hybridized carbons (Fsp3) is 0.381. The Morgan fingerprint density at radius 3 is 2.32 bits per heavy atom. The van der Waals surface area contributed by atoms with E-state index in [4.69, 9.17) is 0 Å². The maximum Gasteiger partial charge on any atom is 0.243 e. The summed E-state index contributed by atoms with van der Waals surface area (Å²) < 4.78 is 41.2. The highest BCUT2D eigenvalue weighted by atomic mass is 32.2. The predicted molar refractivity (Wildman–Crippen MR) is 107 cm³/mol. The van der Waals surface area contributed by atoms with Crippen LogP contribution in [0.3, 0.4) is 0 Å². The Hall–Kier alpha value is -2.43. The van der Waals surface area contributed by atoms with E-state index in [9.17, 15) is 18.1 Å². The molecule has 1 saturated heterocycles. The number of piperazine rings is 1. The van der Waals surface area contributed by atoms with Gasteiger partial charge in [-0.15, -0.1) is 0 Å². The molecule has 2 aromatic rings. The lowest BCUT2D eigenvalue weighted by molar-refractivity contribution is 0.384. The lowest BCUT2D eigenvalue weighted by atomic mass is 9.99. The maximum absolute atomic E-state index is 13.9. The Bertz CT molecular complexity index is 976. The summed E-state index contributed by atoms with van der Waals surface area (Å²) in [5, 5.41) is 9.22. The van der Waals surface area contributed by atoms with Crippen molar-refractivity contribution in [3.05, 3.63) is 59.4 Å². The molecule has 5 nitrogen and oxygen atoms in total. The van der Waals surface area contributed by atoms with Crippen molar-refractivity contribution >= 4 is 15.7 Å². The van der Waals surface area contributed by atoms with Gasteiger partial charge in [0, 0.05) is 26.2 Å². The Morgan fingerprint density at radius 2 is 1.75 bits per heavy atom. The molecule has 2 aromatic carbocycles. The summed E-state index contributed by atoms with van der Waals surface area (Å²) >= 11 is 0. The largest absolute Gasteiger partial charge is 0.368 e. The molecule has 0 saturated carbocycles. The Labute approximate surface area is 166 Å². The van der Waals surface area contributed by atoms with Crippen LogP contribution in [0.5, 0.6) is 0 Å². The average molecular weight is 402 g/mol.